The average Bonchev–Trinajstić information content (AvgIpc) is 2.68. The Morgan fingerprint density at radius 2 is 2.15 bits per heavy atom. The lowest BCUT2D eigenvalue weighted by molar-refractivity contribution is -0.125. The summed E-state index contributed by atoms with van der Waals surface area (Å²) in [7, 11) is 0. The third-order valence-electron chi connectivity index (χ3n) is 4.41. The Labute approximate surface area is 122 Å². The summed E-state index contributed by atoms with van der Waals surface area (Å²) < 4.78 is 0. The maximum Gasteiger partial charge on any atom is 0.259 e. The van der Waals surface area contributed by atoms with E-state index >= 15 is 0 Å². The standard InChI is InChI=1S/C14H17ClN4O/c1-9-14(5-2-10(16)3-6-14)13(20)19(18-9)12-4-7-17-8-11(12)15/h4,7-8,10H,2-3,5-6,16H2,1H3. The highest BCUT2D eigenvalue weighted by atomic mass is 35.5. The molecule has 0 radical (unpaired) electrons. The number of aromatic nitrogens is 1. The van der Waals surface area contributed by atoms with Crippen LogP contribution >= 0.6 is 11.6 Å². The van der Waals surface area contributed by atoms with Crippen LogP contribution in [0.25, 0.3) is 0 Å². The van der Waals surface area contributed by atoms with Gasteiger partial charge in [-0.1, -0.05) is 11.6 Å². The molecule has 0 bridgehead atoms. The van der Waals surface area contributed by atoms with Crippen molar-refractivity contribution in [3.8, 4) is 0 Å². The van der Waals surface area contributed by atoms with Gasteiger partial charge >= 0.3 is 0 Å². The van der Waals surface area contributed by atoms with Crippen LogP contribution in [0.15, 0.2) is 23.6 Å². The lowest BCUT2D eigenvalue weighted by Crippen LogP contribution is -2.44. The van der Waals surface area contributed by atoms with E-state index in [1.807, 2.05) is 6.92 Å². The normalized spacial score (nSPS) is 29.9. The van der Waals surface area contributed by atoms with Crippen molar-refractivity contribution < 1.29 is 4.79 Å². The highest BCUT2D eigenvalue weighted by molar-refractivity contribution is 6.34. The first-order valence-corrected chi connectivity index (χ1v) is 7.18. The van der Waals surface area contributed by atoms with Gasteiger partial charge in [0.05, 0.1) is 21.8 Å². The van der Waals surface area contributed by atoms with Crippen LogP contribution in [0, 0.1) is 5.41 Å². The Bertz CT molecular complexity index is 578. The smallest absolute Gasteiger partial charge is 0.259 e. The largest absolute Gasteiger partial charge is 0.328 e. The van der Waals surface area contributed by atoms with E-state index in [4.69, 9.17) is 17.3 Å². The van der Waals surface area contributed by atoms with Gasteiger partial charge in [0.25, 0.3) is 5.91 Å². The Balaban J connectivity index is 1.95. The molecule has 2 N–H and O–H groups in total. The summed E-state index contributed by atoms with van der Waals surface area (Å²) in [6, 6.07) is 1.91. The summed E-state index contributed by atoms with van der Waals surface area (Å²) in [5.41, 5.74) is 6.93. The van der Waals surface area contributed by atoms with E-state index in [1.54, 1.807) is 12.3 Å². The fraction of sp³-hybridized carbons (Fsp3) is 0.500. The highest BCUT2D eigenvalue weighted by Gasteiger charge is 2.50. The number of anilines is 1. The number of hydrazone groups is 1. The van der Waals surface area contributed by atoms with Crippen LogP contribution in [-0.4, -0.2) is 22.6 Å². The summed E-state index contributed by atoms with van der Waals surface area (Å²) in [5.74, 6) is 0.00926. The first kappa shape index (κ1) is 13.5. The zero-order valence-electron chi connectivity index (χ0n) is 11.3. The number of carbonyl (C=O) groups is 1. The molecule has 1 saturated carbocycles. The molecule has 106 valence electrons. The van der Waals surface area contributed by atoms with Gasteiger partial charge in [0.15, 0.2) is 0 Å². The minimum absolute atomic E-state index is 0.00926. The van der Waals surface area contributed by atoms with E-state index in [0.29, 0.717) is 10.7 Å². The topological polar surface area (TPSA) is 71.6 Å². The quantitative estimate of drug-likeness (QED) is 0.863. The van der Waals surface area contributed by atoms with Crippen molar-refractivity contribution >= 4 is 28.9 Å². The highest BCUT2D eigenvalue weighted by Crippen LogP contribution is 2.44. The number of nitrogens with zero attached hydrogens (tertiary/aromatic N) is 3. The molecule has 1 aromatic heterocycles. The molecule has 1 fully saturated rings. The third-order valence-corrected chi connectivity index (χ3v) is 4.70. The van der Waals surface area contributed by atoms with E-state index in [-0.39, 0.29) is 11.9 Å². The molecule has 20 heavy (non-hydrogen) atoms. The molecular formula is C14H17ClN4O. The molecule has 1 aromatic rings. The summed E-state index contributed by atoms with van der Waals surface area (Å²) in [5, 5.41) is 6.31. The molecule has 1 aliphatic heterocycles. The predicted octanol–water partition coefficient (Wildman–Crippen LogP) is 2.35. The Morgan fingerprint density at radius 1 is 1.45 bits per heavy atom. The second kappa shape index (κ2) is 4.82. The molecule has 3 rings (SSSR count). The Kier molecular flexibility index (Phi) is 3.26. The lowest BCUT2D eigenvalue weighted by atomic mass is 9.69. The van der Waals surface area contributed by atoms with Gasteiger partial charge in [-0.3, -0.25) is 9.78 Å². The minimum Gasteiger partial charge on any atom is -0.328 e. The zero-order valence-corrected chi connectivity index (χ0v) is 12.1. The maximum absolute atomic E-state index is 12.8. The van der Waals surface area contributed by atoms with Crippen LogP contribution in [-0.2, 0) is 4.79 Å². The van der Waals surface area contributed by atoms with Crippen molar-refractivity contribution in [1.29, 1.82) is 0 Å². The number of halogens is 1. The minimum atomic E-state index is -0.484. The molecule has 1 spiro atoms. The van der Waals surface area contributed by atoms with Crippen LogP contribution < -0.4 is 10.7 Å². The Morgan fingerprint density at radius 3 is 2.80 bits per heavy atom. The summed E-state index contributed by atoms with van der Waals surface area (Å²) in [4.78, 5) is 16.8. The van der Waals surface area contributed by atoms with Crippen molar-refractivity contribution in [2.75, 3.05) is 5.01 Å². The first-order valence-electron chi connectivity index (χ1n) is 6.80. The van der Waals surface area contributed by atoms with E-state index in [0.717, 1.165) is 31.4 Å². The van der Waals surface area contributed by atoms with Crippen LogP contribution in [0.3, 0.4) is 0 Å². The van der Waals surface area contributed by atoms with Crippen molar-refractivity contribution in [1.82, 2.24) is 4.98 Å². The van der Waals surface area contributed by atoms with Gasteiger partial charge in [-0.15, -0.1) is 0 Å². The fourth-order valence-electron chi connectivity index (χ4n) is 3.06. The molecule has 0 unspecified atom stereocenters. The number of carbonyl (C=O) groups excluding carboxylic acids is 1. The predicted molar refractivity (Wildman–Crippen MR) is 78.7 cm³/mol. The van der Waals surface area contributed by atoms with Gasteiger partial charge in [0.2, 0.25) is 0 Å². The zero-order chi connectivity index (χ0) is 14.3. The van der Waals surface area contributed by atoms with Crippen molar-refractivity contribution in [2.45, 2.75) is 38.6 Å². The van der Waals surface area contributed by atoms with Gasteiger partial charge in [0.1, 0.15) is 0 Å². The average molecular weight is 293 g/mol. The lowest BCUT2D eigenvalue weighted by Gasteiger charge is -2.34. The molecule has 0 atom stereocenters. The first-order chi connectivity index (χ1) is 9.54. The molecule has 1 amide bonds. The number of hydrogen-bond acceptors (Lipinski definition) is 4. The van der Waals surface area contributed by atoms with Gasteiger partial charge < -0.3 is 5.73 Å². The maximum atomic E-state index is 12.8. The molecular weight excluding hydrogens is 276 g/mol. The monoisotopic (exact) mass is 292 g/mol. The molecule has 0 saturated heterocycles. The van der Waals surface area contributed by atoms with Crippen molar-refractivity contribution in [3.63, 3.8) is 0 Å². The molecule has 0 aromatic carbocycles. The molecule has 6 heteroatoms. The fourth-order valence-corrected chi connectivity index (χ4v) is 3.26. The van der Waals surface area contributed by atoms with Crippen LogP contribution in [0.1, 0.15) is 32.6 Å². The summed E-state index contributed by atoms with van der Waals surface area (Å²) in [6.45, 7) is 1.92. The molecule has 2 heterocycles. The number of nitrogens with two attached hydrogens (primary N) is 1. The number of amides is 1. The van der Waals surface area contributed by atoms with Gasteiger partial charge in [-0.2, -0.15) is 10.1 Å². The molecule has 1 aliphatic carbocycles. The molecule has 5 nitrogen and oxygen atoms in total. The van der Waals surface area contributed by atoms with Crippen LogP contribution in [0.2, 0.25) is 5.02 Å². The van der Waals surface area contributed by atoms with Gasteiger partial charge in [0, 0.05) is 18.4 Å². The summed E-state index contributed by atoms with van der Waals surface area (Å²) >= 11 is 6.12. The second-order valence-corrected chi connectivity index (χ2v) is 5.96. The van der Waals surface area contributed by atoms with Gasteiger partial charge in [-0.05, 0) is 38.7 Å². The third kappa shape index (κ3) is 1.93. The van der Waals surface area contributed by atoms with Crippen LogP contribution in [0.5, 0.6) is 0 Å². The van der Waals surface area contributed by atoms with E-state index < -0.39 is 5.41 Å². The van der Waals surface area contributed by atoms with E-state index in [1.165, 1.54) is 11.2 Å². The number of pyridine rings is 1. The van der Waals surface area contributed by atoms with Crippen molar-refractivity contribution in [2.24, 2.45) is 16.3 Å². The number of hydrogen-bond donors (Lipinski definition) is 1. The van der Waals surface area contributed by atoms with E-state index in [9.17, 15) is 4.79 Å². The van der Waals surface area contributed by atoms with Gasteiger partial charge in [-0.25, -0.2) is 0 Å². The second-order valence-electron chi connectivity index (χ2n) is 5.55. The summed E-state index contributed by atoms with van der Waals surface area (Å²) in [6.07, 6.45) is 6.38. The molecule has 2 aliphatic rings. The SMILES string of the molecule is CC1=NN(c2ccncc2Cl)C(=O)C12CCC(N)CC2. The van der Waals surface area contributed by atoms with E-state index in [2.05, 4.69) is 10.1 Å². The Hall–Kier alpha value is -1.46. The van der Waals surface area contributed by atoms with Crippen molar-refractivity contribution in [3.05, 3.63) is 23.5 Å². The number of rotatable bonds is 1. The van der Waals surface area contributed by atoms with Crippen LogP contribution in [0.4, 0.5) is 5.69 Å².